The van der Waals surface area contributed by atoms with Crippen molar-refractivity contribution in [2.45, 2.75) is 13.0 Å². The number of nitrogen functional groups attached to an aromatic ring is 1. The maximum atomic E-state index is 11.2. The summed E-state index contributed by atoms with van der Waals surface area (Å²) in [6.45, 7) is 1.64. The van der Waals surface area contributed by atoms with Gasteiger partial charge in [-0.15, -0.1) is 0 Å². The van der Waals surface area contributed by atoms with Crippen molar-refractivity contribution in [2.24, 2.45) is 5.73 Å². The van der Waals surface area contributed by atoms with Crippen molar-refractivity contribution in [1.29, 1.82) is 0 Å². The maximum Gasteiger partial charge on any atom is 0.231 e. The molecule has 1 aromatic carbocycles. The van der Waals surface area contributed by atoms with E-state index in [-0.39, 0.29) is 12.5 Å². The molecule has 0 saturated heterocycles. The summed E-state index contributed by atoms with van der Waals surface area (Å²) in [7, 11) is 0. The van der Waals surface area contributed by atoms with Crippen LogP contribution in [0.2, 0.25) is 0 Å². The SMILES string of the molecule is NC(=O)CN(CCc1ccncc1)Cc1cccc(N)c1. The zero-order valence-electron chi connectivity index (χ0n) is 11.9. The van der Waals surface area contributed by atoms with Crippen LogP contribution in [0.5, 0.6) is 0 Å². The number of aromatic nitrogens is 1. The second kappa shape index (κ2) is 7.40. The summed E-state index contributed by atoms with van der Waals surface area (Å²) in [4.78, 5) is 17.2. The zero-order valence-corrected chi connectivity index (χ0v) is 11.9. The number of benzene rings is 1. The second-order valence-electron chi connectivity index (χ2n) is 5.03. The fraction of sp³-hybridized carbons (Fsp3) is 0.250. The number of primary amides is 1. The van der Waals surface area contributed by atoms with Crippen molar-refractivity contribution in [3.05, 3.63) is 59.9 Å². The quantitative estimate of drug-likeness (QED) is 0.748. The lowest BCUT2D eigenvalue weighted by atomic mass is 10.1. The number of carbonyl (C=O) groups is 1. The molecule has 0 saturated carbocycles. The first kappa shape index (κ1) is 15.0. The highest BCUT2D eigenvalue weighted by atomic mass is 16.1. The van der Waals surface area contributed by atoms with Gasteiger partial charge in [0.05, 0.1) is 6.54 Å². The van der Waals surface area contributed by atoms with Crippen LogP contribution in [0.4, 0.5) is 5.69 Å². The lowest BCUT2D eigenvalue weighted by molar-refractivity contribution is -0.119. The number of nitrogens with zero attached hydrogens (tertiary/aromatic N) is 2. The van der Waals surface area contributed by atoms with E-state index in [0.717, 1.165) is 24.2 Å². The summed E-state index contributed by atoms with van der Waals surface area (Å²) in [6.07, 6.45) is 4.38. The van der Waals surface area contributed by atoms with Crippen LogP contribution in [0.25, 0.3) is 0 Å². The van der Waals surface area contributed by atoms with E-state index in [9.17, 15) is 4.79 Å². The van der Waals surface area contributed by atoms with Gasteiger partial charge in [0.25, 0.3) is 0 Å². The molecule has 0 radical (unpaired) electrons. The minimum Gasteiger partial charge on any atom is -0.399 e. The minimum absolute atomic E-state index is 0.236. The topological polar surface area (TPSA) is 85.2 Å². The van der Waals surface area contributed by atoms with Gasteiger partial charge in [-0.25, -0.2) is 0 Å². The Kier molecular flexibility index (Phi) is 5.29. The molecule has 0 unspecified atom stereocenters. The molecule has 5 nitrogen and oxygen atoms in total. The lowest BCUT2D eigenvalue weighted by Crippen LogP contribution is -2.34. The van der Waals surface area contributed by atoms with E-state index in [2.05, 4.69) is 4.98 Å². The van der Waals surface area contributed by atoms with Gasteiger partial charge in [0.15, 0.2) is 0 Å². The van der Waals surface area contributed by atoms with Crippen molar-refractivity contribution in [1.82, 2.24) is 9.88 Å². The molecule has 0 aliphatic carbocycles. The van der Waals surface area contributed by atoms with Gasteiger partial charge in [-0.1, -0.05) is 12.1 Å². The average Bonchev–Trinajstić information content (AvgIpc) is 2.45. The third kappa shape index (κ3) is 5.24. The Labute approximate surface area is 124 Å². The van der Waals surface area contributed by atoms with Crippen LogP contribution in [-0.2, 0) is 17.8 Å². The highest BCUT2D eigenvalue weighted by Gasteiger charge is 2.09. The Hall–Kier alpha value is -2.40. The Morgan fingerprint density at radius 1 is 1.14 bits per heavy atom. The molecule has 0 aliphatic rings. The largest absolute Gasteiger partial charge is 0.399 e. The molecule has 2 rings (SSSR count). The summed E-state index contributed by atoms with van der Waals surface area (Å²) in [5.41, 5.74) is 14.1. The molecule has 0 bridgehead atoms. The van der Waals surface area contributed by atoms with Crippen LogP contribution < -0.4 is 11.5 Å². The first-order chi connectivity index (χ1) is 10.1. The summed E-state index contributed by atoms with van der Waals surface area (Å²) in [6, 6.07) is 11.6. The van der Waals surface area contributed by atoms with E-state index in [4.69, 9.17) is 11.5 Å². The van der Waals surface area contributed by atoms with Gasteiger partial charge >= 0.3 is 0 Å². The molecule has 1 heterocycles. The summed E-state index contributed by atoms with van der Waals surface area (Å²) in [5.74, 6) is -0.325. The molecule has 1 amide bonds. The fourth-order valence-electron chi connectivity index (χ4n) is 2.22. The molecule has 2 aromatic rings. The van der Waals surface area contributed by atoms with Gasteiger partial charge in [0, 0.05) is 31.2 Å². The zero-order chi connectivity index (χ0) is 15.1. The van der Waals surface area contributed by atoms with Crippen molar-refractivity contribution < 1.29 is 4.79 Å². The molecular formula is C16H20N4O. The first-order valence-corrected chi connectivity index (χ1v) is 6.87. The molecule has 21 heavy (non-hydrogen) atoms. The van der Waals surface area contributed by atoms with E-state index in [1.807, 2.05) is 41.3 Å². The van der Waals surface area contributed by atoms with Crippen molar-refractivity contribution in [3.63, 3.8) is 0 Å². The standard InChI is InChI=1S/C16H20N4O/c17-15-3-1-2-14(10-15)11-20(12-16(18)21)9-6-13-4-7-19-8-5-13/h1-5,7-8,10H,6,9,11-12,17H2,(H2,18,21). The molecule has 0 spiro atoms. The lowest BCUT2D eigenvalue weighted by Gasteiger charge is -2.21. The second-order valence-corrected chi connectivity index (χ2v) is 5.03. The Balaban J connectivity index is 1.99. The van der Waals surface area contributed by atoms with Gasteiger partial charge in [-0.05, 0) is 41.8 Å². The maximum absolute atomic E-state index is 11.2. The molecule has 4 N–H and O–H groups in total. The molecule has 0 fully saturated rings. The normalized spacial score (nSPS) is 10.7. The molecular weight excluding hydrogens is 264 g/mol. The first-order valence-electron chi connectivity index (χ1n) is 6.87. The molecule has 0 aliphatic heterocycles. The van der Waals surface area contributed by atoms with E-state index < -0.39 is 0 Å². The van der Waals surface area contributed by atoms with Crippen LogP contribution in [0, 0.1) is 0 Å². The molecule has 110 valence electrons. The number of amides is 1. The van der Waals surface area contributed by atoms with E-state index in [1.54, 1.807) is 12.4 Å². The average molecular weight is 284 g/mol. The summed E-state index contributed by atoms with van der Waals surface area (Å²) < 4.78 is 0. The van der Waals surface area contributed by atoms with Crippen molar-refractivity contribution in [3.8, 4) is 0 Å². The van der Waals surface area contributed by atoms with Crippen LogP contribution in [0.1, 0.15) is 11.1 Å². The predicted molar refractivity (Wildman–Crippen MR) is 83.3 cm³/mol. The van der Waals surface area contributed by atoms with Crippen molar-refractivity contribution in [2.75, 3.05) is 18.8 Å². The van der Waals surface area contributed by atoms with Gasteiger partial charge < -0.3 is 11.5 Å². The van der Waals surface area contributed by atoms with Crippen LogP contribution >= 0.6 is 0 Å². The van der Waals surface area contributed by atoms with Gasteiger partial charge in [-0.2, -0.15) is 0 Å². The number of anilines is 1. The van der Waals surface area contributed by atoms with E-state index in [0.29, 0.717) is 6.54 Å². The van der Waals surface area contributed by atoms with E-state index in [1.165, 1.54) is 5.56 Å². The third-order valence-corrected chi connectivity index (χ3v) is 3.20. The number of hydrogen-bond donors (Lipinski definition) is 2. The molecule has 0 atom stereocenters. The fourth-order valence-corrected chi connectivity index (χ4v) is 2.22. The van der Waals surface area contributed by atoms with Gasteiger partial charge in [0.2, 0.25) is 5.91 Å². The highest BCUT2D eigenvalue weighted by molar-refractivity contribution is 5.75. The van der Waals surface area contributed by atoms with Gasteiger partial charge in [-0.3, -0.25) is 14.7 Å². The molecule has 5 heteroatoms. The van der Waals surface area contributed by atoms with Crippen LogP contribution in [0.3, 0.4) is 0 Å². The minimum atomic E-state index is -0.325. The Bertz CT molecular complexity index is 586. The van der Waals surface area contributed by atoms with Crippen LogP contribution in [0.15, 0.2) is 48.8 Å². The molecule has 1 aromatic heterocycles. The number of hydrogen-bond acceptors (Lipinski definition) is 4. The predicted octanol–water partition coefficient (Wildman–Crippen LogP) is 1.19. The number of rotatable bonds is 7. The monoisotopic (exact) mass is 284 g/mol. The van der Waals surface area contributed by atoms with Gasteiger partial charge in [0.1, 0.15) is 0 Å². The number of nitrogens with two attached hydrogens (primary N) is 2. The third-order valence-electron chi connectivity index (χ3n) is 3.20. The highest BCUT2D eigenvalue weighted by Crippen LogP contribution is 2.10. The Morgan fingerprint density at radius 3 is 2.57 bits per heavy atom. The van der Waals surface area contributed by atoms with E-state index >= 15 is 0 Å². The van der Waals surface area contributed by atoms with Crippen molar-refractivity contribution >= 4 is 11.6 Å². The summed E-state index contributed by atoms with van der Waals surface area (Å²) in [5, 5.41) is 0. The smallest absolute Gasteiger partial charge is 0.231 e. The summed E-state index contributed by atoms with van der Waals surface area (Å²) >= 11 is 0. The number of carbonyl (C=O) groups excluding carboxylic acids is 1. The Morgan fingerprint density at radius 2 is 1.90 bits per heavy atom. The number of pyridine rings is 1. The van der Waals surface area contributed by atoms with Crippen LogP contribution in [-0.4, -0.2) is 28.9 Å².